The quantitative estimate of drug-likeness (QED) is 0.868. The van der Waals surface area contributed by atoms with Gasteiger partial charge in [-0.2, -0.15) is 0 Å². The molecule has 1 aliphatic heterocycles. The Morgan fingerprint density at radius 1 is 1.04 bits per heavy atom. The maximum atomic E-state index is 12.6. The lowest BCUT2D eigenvalue weighted by Gasteiger charge is -2.26. The fourth-order valence-electron chi connectivity index (χ4n) is 3.03. The van der Waals surface area contributed by atoms with Crippen LogP contribution in [-0.4, -0.2) is 41.5 Å². The maximum Gasteiger partial charge on any atom is 0.319 e. The summed E-state index contributed by atoms with van der Waals surface area (Å²) in [7, 11) is 0. The van der Waals surface area contributed by atoms with E-state index in [9.17, 15) is 9.59 Å². The van der Waals surface area contributed by atoms with Crippen molar-refractivity contribution in [2.24, 2.45) is 0 Å². The molecule has 26 heavy (non-hydrogen) atoms. The number of rotatable bonds is 5. The topological polar surface area (TPSA) is 74.3 Å². The van der Waals surface area contributed by atoms with Gasteiger partial charge in [-0.3, -0.25) is 9.78 Å². The molecule has 1 fully saturated rings. The number of aromatic nitrogens is 1. The lowest BCUT2D eigenvalue weighted by atomic mass is 10.1. The molecule has 0 aliphatic carbocycles. The molecule has 2 aromatic rings. The first kappa shape index (κ1) is 17.9. The molecular weight excluding hydrogens is 328 g/mol. The Kier molecular flexibility index (Phi) is 6.19. The van der Waals surface area contributed by atoms with Crippen LogP contribution in [0.15, 0.2) is 48.7 Å². The number of piperidine rings is 1. The van der Waals surface area contributed by atoms with Crippen molar-refractivity contribution in [2.45, 2.75) is 25.7 Å². The van der Waals surface area contributed by atoms with Gasteiger partial charge in [0.05, 0.1) is 0 Å². The molecule has 1 saturated heterocycles. The Morgan fingerprint density at radius 3 is 2.65 bits per heavy atom. The van der Waals surface area contributed by atoms with Gasteiger partial charge in [-0.25, -0.2) is 4.79 Å². The van der Waals surface area contributed by atoms with Crippen LogP contribution in [-0.2, 0) is 6.42 Å². The average Bonchev–Trinajstić information content (AvgIpc) is 2.69. The van der Waals surface area contributed by atoms with Crippen molar-refractivity contribution >= 4 is 17.6 Å². The monoisotopic (exact) mass is 352 g/mol. The summed E-state index contributed by atoms with van der Waals surface area (Å²) in [5.74, 6) is 0.0314. The van der Waals surface area contributed by atoms with Gasteiger partial charge in [-0.05, 0) is 49.6 Å². The largest absolute Gasteiger partial charge is 0.339 e. The number of benzene rings is 1. The molecule has 1 aromatic carbocycles. The highest BCUT2D eigenvalue weighted by Gasteiger charge is 2.18. The molecule has 0 radical (unpaired) electrons. The normalized spacial score (nSPS) is 13.9. The highest BCUT2D eigenvalue weighted by Crippen LogP contribution is 2.16. The summed E-state index contributed by atoms with van der Waals surface area (Å²) in [6.45, 7) is 2.12. The number of pyridine rings is 1. The van der Waals surface area contributed by atoms with Crippen LogP contribution in [0.4, 0.5) is 10.5 Å². The summed E-state index contributed by atoms with van der Waals surface area (Å²) >= 11 is 0. The molecule has 6 nitrogen and oxygen atoms in total. The minimum atomic E-state index is -0.288. The smallest absolute Gasteiger partial charge is 0.319 e. The fourth-order valence-corrected chi connectivity index (χ4v) is 3.03. The van der Waals surface area contributed by atoms with Crippen molar-refractivity contribution < 1.29 is 9.59 Å². The SMILES string of the molecule is O=C(NCCc1ccccn1)Nc1cccc(C(=O)N2CCCCC2)c1. The number of amides is 3. The number of nitrogens with one attached hydrogen (secondary N) is 2. The second-order valence-corrected chi connectivity index (χ2v) is 6.39. The van der Waals surface area contributed by atoms with Gasteiger partial charge in [0, 0.05) is 49.2 Å². The molecule has 136 valence electrons. The molecule has 2 heterocycles. The first-order valence-electron chi connectivity index (χ1n) is 9.06. The Bertz CT molecular complexity index is 742. The van der Waals surface area contributed by atoms with Gasteiger partial charge < -0.3 is 15.5 Å². The van der Waals surface area contributed by atoms with Crippen LogP contribution < -0.4 is 10.6 Å². The third kappa shape index (κ3) is 5.05. The van der Waals surface area contributed by atoms with Crippen molar-refractivity contribution in [2.75, 3.05) is 25.0 Å². The van der Waals surface area contributed by atoms with Gasteiger partial charge in [0.15, 0.2) is 0 Å². The van der Waals surface area contributed by atoms with Crippen molar-refractivity contribution in [3.8, 4) is 0 Å². The third-order valence-corrected chi connectivity index (χ3v) is 4.40. The summed E-state index contributed by atoms with van der Waals surface area (Å²) < 4.78 is 0. The molecule has 0 spiro atoms. The van der Waals surface area contributed by atoms with Gasteiger partial charge in [-0.1, -0.05) is 12.1 Å². The van der Waals surface area contributed by atoms with Crippen LogP contribution >= 0.6 is 0 Å². The predicted molar refractivity (Wildman–Crippen MR) is 101 cm³/mol. The molecule has 0 atom stereocenters. The molecule has 3 amide bonds. The molecule has 3 rings (SSSR count). The van der Waals surface area contributed by atoms with E-state index in [1.54, 1.807) is 30.5 Å². The van der Waals surface area contributed by atoms with Gasteiger partial charge in [-0.15, -0.1) is 0 Å². The summed E-state index contributed by atoms with van der Waals surface area (Å²) in [5, 5.41) is 5.59. The minimum Gasteiger partial charge on any atom is -0.339 e. The van der Waals surface area contributed by atoms with Crippen molar-refractivity contribution in [3.63, 3.8) is 0 Å². The molecule has 6 heteroatoms. The zero-order valence-electron chi connectivity index (χ0n) is 14.8. The Labute approximate surface area is 153 Å². The first-order valence-corrected chi connectivity index (χ1v) is 9.06. The molecule has 0 saturated carbocycles. The van der Waals surface area contributed by atoms with Crippen LogP contribution in [0.25, 0.3) is 0 Å². The van der Waals surface area contributed by atoms with Crippen LogP contribution in [0.5, 0.6) is 0 Å². The summed E-state index contributed by atoms with van der Waals surface area (Å²) in [5.41, 5.74) is 2.16. The third-order valence-electron chi connectivity index (χ3n) is 4.40. The molecule has 0 bridgehead atoms. The molecule has 1 aromatic heterocycles. The first-order chi connectivity index (χ1) is 12.7. The van der Waals surface area contributed by atoms with E-state index in [1.807, 2.05) is 23.1 Å². The average molecular weight is 352 g/mol. The molecular formula is C20H24N4O2. The zero-order valence-corrected chi connectivity index (χ0v) is 14.8. The lowest BCUT2D eigenvalue weighted by molar-refractivity contribution is 0.0724. The van der Waals surface area contributed by atoms with E-state index in [0.717, 1.165) is 31.6 Å². The zero-order chi connectivity index (χ0) is 18.2. The number of anilines is 1. The summed E-state index contributed by atoms with van der Waals surface area (Å²) in [6, 6.07) is 12.5. The summed E-state index contributed by atoms with van der Waals surface area (Å²) in [4.78, 5) is 30.7. The summed E-state index contributed by atoms with van der Waals surface area (Å²) in [6.07, 6.45) is 5.71. The Balaban J connectivity index is 1.51. The van der Waals surface area contributed by atoms with Crippen molar-refractivity contribution in [1.29, 1.82) is 0 Å². The number of carbonyl (C=O) groups excluding carboxylic acids is 2. The van der Waals surface area contributed by atoms with E-state index in [1.165, 1.54) is 6.42 Å². The van der Waals surface area contributed by atoms with Gasteiger partial charge in [0.25, 0.3) is 5.91 Å². The maximum absolute atomic E-state index is 12.6. The number of hydrogen-bond donors (Lipinski definition) is 2. The second kappa shape index (κ2) is 8.99. The molecule has 1 aliphatic rings. The van der Waals surface area contributed by atoms with E-state index in [0.29, 0.717) is 24.2 Å². The molecule has 0 unspecified atom stereocenters. The second-order valence-electron chi connectivity index (χ2n) is 6.39. The van der Waals surface area contributed by atoms with Gasteiger partial charge in [0.1, 0.15) is 0 Å². The Hall–Kier alpha value is -2.89. The highest BCUT2D eigenvalue weighted by atomic mass is 16.2. The van der Waals surface area contributed by atoms with Gasteiger partial charge in [0.2, 0.25) is 0 Å². The Morgan fingerprint density at radius 2 is 1.88 bits per heavy atom. The standard InChI is InChI=1S/C20H24N4O2/c25-19(24-13-4-1-5-14-24)16-7-6-9-18(15-16)23-20(26)22-12-10-17-8-2-3-11-21-17/h2-3,6-9,11,15H,1,4-5,10,12-14H2,(H2,22,23,26). The fraction of sp³-hybridized carbons (Fsp3) is 0.350. The van der Waals surface area contributed by atoms with Crippen LogP contribution in [0.3, 0.4) is 0 Å². The van der Waals surface area contributed by atoms with Crippen LogP contribution in [0.2, 0.25) is 0 Å². The molecule has 2 N–H and O–H groups in total. The van der Waals surface area contributed by atoms with Crippen LogP contribution in [0.1, 0.15) is 35.3 Å². The minimum absolute atomic E-state index is 0.0314. The van der Waals surface area contributed by atoms with Gasteiger partial charge >= 0.3 is 6.03 Å². The number of urea groups is 1. The van der Waals surface area contributed by atoms with E-state index in [-0.39, 0.29) is 11.9 Å². The number of hydrogen-bond acceptors (Lipinski definition) is 3. The predicted octanol–water partition coefficient (Wildman–Crippen LogP) is 3.07. The van der Waals surface area contributed by atoms with Crippen molar-refractivity contribution in [3.05, 3.63) is 59.9 Å². The van der Waals surface area contributed by atoms with E-state index in [4.69, 9.17) is 0 Å². The van der Waals surface area contributed by atoms with E-state index < -0.39 is 0 Å². The number of nitrogens with zero attached hydrogens (tertiary/aromatic N) is 2. The van der Waals surface area contributed by atoms with Crippen molar-refractivity contribution in [1.82, 2.24) is 15.2 Å². The van der Waals surface area contributed by atoms with E-state index >= 15 is 0 Å². The number of likely N-dealkylation sites (tertiary alicyclic amines) is 1. The van der Waals surface area contributed by atoms with E-state index in [2.05, 4.69) is 15.6 Å². The highest BCUT2D eigenvalue weighted by molar-refractivity contribution is 5.97. The number of carbonyl (C=O) groups is 2. The lowest BCUT2D eigenvalue weighted by Crippen LogP contribution is -2.35. The van der Waals surface area contributed by atoms with Crippen LogP contribution in [0, 0.1) is 0 Å².